The summed E-state index contributed by atoms with van der Waals surface area (Å²) in [6.45, 7) is -0.362. The molecule has 0 spiro atoms. The maximum atomic E-state index is 13.4. The third-order valence-electron chi connectivity index (χ3n) is 6.27. The van der Waals surface area contributed by atoms with Gasteiger partial charge in [-0.1, -0.05) is 0 Å². The summed E-state index contributed by atoms with van der Waals surface area (Å²) in [5, 5.41) is 9.92. The summed E-state index contributed by atoms with van der Waals surface area (Å²) in [6, 6.07) is 0. The number of aliphatic hydroxyl groups is 1. The normalized spacial score (nSPS) is 33.1. The van der Waals surface area contributed by atoms with Crippen molar-refractivity contribution in [3.8, 4) is 0 Å². The van der Waals surface area contributed by atoms with Crippen molar-refractivity contribution >= 4 is 17.9 Å². The molecule has 1 N–H and O–H groups in total. The smallest absolute Gasteiger partial charge is 0.377 e. The first-order valence-electron chi connectivity index (χ1n) is 10.1. The fourth-order valence-corrected chi connectivity index (χ4v) is 5.53. The van der Waals surface area contributed by atoms with Gasteiger partial charge in [-0.15, -0.1) is 0 Å². The van der Waals surface area contributed by atoms with E-state index in [0.717, 1.165) is 6.42 Å². The maximum Gasteiger partial charge on any atom is 0.377 e. The summed E-state index contributed by atoms with van der Waals surface area (Å²) in [4.78, 5) is 35.7. The Bertz CT molecular complexity index is 675. The van der Waals surface area contributed by atoms with Gasteiger partial charge in [-0.2, -0.15) is 8.78 Å². The van der Waals surface area contributed by atoms with Gasteiger partial charge in [0.15, 0.2) is 0 Å². The monoisotopic (exact) mass is 434 g/mol. The van der Waals surface area contributed by atoms with Crippen LogP contribution in [0.15, 0.2) is 0 Å². The Morgan fingerprint density at radius 2 is 1.77 bits per heavy atom. The van der Waals surface area contributed by atoms with Crippen molar-refractivity contribution in [1.82, 2.24) is 0 Å². The Labute approximate surface area is 173 Å². The molecule has 0 aliphatic heterocycles. The van der Waals surface area contributed by atoms with Crippen LogP contribution in [-0.4, -0.2) is 67.6 Å². The minimum atomic E-state index is -3.59. The van der Waals surface area contributed by atoms with Crippen molar-refractivity contribution in [1.29, 1.82) is 0 Å². The van der Waals surface area contributed by atoms with E-state index in [-0.39, 0.29) is 38.1 Å². The highest BCUT2D eigenvalue weighted by atomic mass is 19.3. The van der Waals surface area contributed by atoms with E-state index in [4.69, 9.17) is 14.2 Å². The summed E-state index contributed by atoms with van der Waals surface area (Å²) in [7, 11) is 1.21. The van der Waals surface area contributed by atoms with Gasteiger partial charge < -0.3 is 24.1 Å². The highest BCUT2D eigenvalue weighted by Crippen LogP contribution is 2.63. The predicted molar refractivity (Wildman–Crippen MR) is 96.4 cm³/mol. The van der Waals surface area contributed by atoms with Gasteiger partial charge >= 0.3 is 23.8 Å². The van der Waals surface area contributed by atoms with Crippen LogP contribution in [0.1, 0.15) is 45.4 Å². The number of carbonyl (C=O) groups is 3. The van der Waals surface area contributed by atoms with Crippen LogP contribution in [0.4, 0.5) is 8.78 Å². The van der Waals surface area contributed by atoms with Crippen LogP contribution in [-0.2, 0) is 33.3 Å². The zero-order chi connectivity index (χ0) is 22.2. The average molecular weight is 434 g/mol. The summed E-state index contributed by atoms with van der Waals surface area (Å²) >= 11 is 0. The van der Waals surface area contributed by atoms with Gasteiger partial charge in [0.2, 0.25) is 0 Å². The highest BCUT2D eigenvalue weighted by molar-refractivity contribution is 5.79. The second-order valence-corrected chi connectivity index (χ2v) is 9.05. The number of alkyl halides is 2. The van der Waals surface area contributed by atoms with E-state index < -0.39 is 41.0 Å². The standard InChI is InChI=1S/C20H28F2O8/c1-18(21,22)16(25)30-20-6-12-3-13(7-20)5-19(4-12,11-20)17(26)29-9-14(23)8-28-10-15(24)27-2/h12-14,23H,3-11H2,1-2H3. The van der Waals surface area contributed by atoms with E-state index in [1.165, 1.54) is 7.11 Å². The van der Waals surface area contributed by atoms with Crippen LogP contribution in [0, 0.1) is 17.3 Å². The molecule has 4 fully saturated rings. The van der Waals surface area contributed by atoms with E-state index in [1.807, 2.05) is 0 Å². The van der Waals surface area contributed by atoms with Crippen LogP contribution in [0.3, 0.4) is 0 Å². The maximum absolute atomic E-state index is 13.4. The summed E-state index contributed by atoms with van der Waals surface area (Å²) in [5.74, 6) is -6.06. The van der Waals surface area contributed by atoms with Crippen LogP contribution in [0.25, 0.3) is 0 Å². The Hall–Kier alpha value is -1.81. The number of hydrogen-bond donors (Lipinski definition) is 1. The molecule has 10 heteroatoms. The van der Waals surface area contributed by atoms with Crippen LogP contribution in [0.5, 0.6) is 0 Å². The lowest BCUT2D eigenvalue weighted by Crippen LogP contribution is -2.60. The molecule has 8 nitrogen and oxygen atoms in total. The molecule has 3 atom stereocenters. The summed E-state index contributed by atoms with van der Waals surface area (Å²) < 4.78 is 46.8. The average Bonchev–Trinajstić information content (AvgIpc) is 2.63. The lowest BCUT2D eigenvalue weighted by Gasteiger charge is -2.59. The van der Waals surface area contributed by atoms with Crippen molar-refractivity contribution in [3.05, 3.63) is 0 Å². The topological polar surface area (TPSA) is 108 Å². The number of esters is 3. The van der Waals surface area contributed by atoms with Gasteiger partial charge in [0.25, 0.3) is 0 Å². The van der Waals surface area contributed by atoms with Gasteiger partial charge in [-0.3, -0.25) is 4.79 Å². The molecule has 0 saturated heterocycles. The Kier molecular flexibility index (Phi) is 6.38. The largest absolute Gasteiger partial charge is 0.467 e. The molecule has 3 unspecified atom stereocenters. The van der Waals surface area contributed by atoms with E-state index in [0.29, 0.717) is 32.6 Å². The second kappa shape index (κ2) is 8.37. The first kappa shape index (κ1) is 22.9. The van der Waals surface area contributed by atoms with Gasteiger partial charge in [-0.05, 0) is 43.9 Å². The first-order valence-corrected chi connectivity index (χ1v) is 10.1. The zero-order valence-electron chi connectivity index (χ0n) is 17.2. The van der Waals surface area contributed by atoms with Crippen molar-refractivity contribution in [2.75, 3.05) is 26.9 Å². The number of carbonyl (C=O) groups excluding carboxylic acids is 3. The molecular formula is C20H28F2O8. The van der Waals surface area contributed by atoms with Gasteiger partial charge in [0.05, 0.1) is 19.1 Å². The minimum Gasteiger partial charge on any atom is -0.467 e. The molecule has 0 radical (unpaired) electrons. The first-order chi connectivity index (χ1) is 14.0. The third kappa shape index (κ3) is 4.91. The molecule has 4 rings (SSSR count). The lowest BCUT2D eigenvalue weighted by atomic mass is 9.48. The second-order valence-electron chi connectivity index (χ2n) is 9.05. The van der Waals surface area contributed by atoms with Crippen LogP contribution >= 0.6 is 0 Å². The fourth-order valence-electron chi connectivity index (χ4n) is 5.53. The molecule has 0 aromatic carbocycles. The van der Waals surface area contributed by atoms with Crippen molar-refractivity contribution in [3.63, 3.8) is 0 Å². The Morgan fingerprint density at radius 3 is 2.33 bits per heavy atom. The number of halogens is 2. The molecule has 0 amide bonds. The van der Waals surface area contributed by atoms with Crippen LogP contribution in [0.2, 0.25) is 0 Å². The SMILES string of the molecule is COC(=O)COCC(O)COC(=O)C12CC3CC(CC(OC(=O)C(C)(F)F)(C3)C1)C2. The molecule has 0 aromatic rings. The number of rotatable bonds is 9. The van der Waals surface area contributed by atoms with Crippen molar-refractivity contribution < 1.29 is 47.2 Å². The minimum absolute atomic E-state index is 0.102. The van der Waals surface area contributed by atoms with E-state index in [2.05, 4.69) is 4.74 Å². The van der Waals surface area contributed by atoms with Gasteiger partial charge in [0, 0.05) is 13.3 Å². The quantitative estimate of drug-likeness (QED) is 0.431. The molecule has 4 bridgehead atoms. The fraction of sp³-hybridized carbons (Fsp3) is 0.850. The predicted octanol–water partition coefficient (Wildman–Crippen LogP) is 1.62. The van der Waals surface area contributed by atoms with Crippen LogP contribution < -0.4 is 0 Å². The lowest BCUT2D eigenvalue weighted by molar-refractivity contribution is -0.225. The molecule has 4 aliphatic rings. The molecular weight excluding hydrogens is 406 g/mol. The Morgan fingerprint density at radius 1 is 1.13 bits per heavy atom. The van der Waals surface area contributed by atoms with Gasteiger partial charge in [-0.25, -0.2) is 9.59 Å². The number of aliphatic hydroxyl groups excluding tert-OH is 1. The molecule has 0 heterocycles. The molecule has 0 aromatic heterocycles. The number of hydrogen-bond acceptors (Lipinski definition) is 8. The zero-order valence-corrected chi connectivity index (χ0v) is 17.2. The van der Waals surface area contributed by atoms with E-state index in [9.17, 15) is 28.3 Å². The summed E-state index contributed by atoms with van der Waals surface area (Å²) in [5.41, 5.74) is -1.97. The molecule has 170 valence electrons. The Balaban J connectivity index is 1.59. The van der Waals surface area contributed by atoms with Gasteiger partial charge in [0.1, 0.15) is 24.9 Å². The van der Waals surface area contributed by atoms with Crippen molar-refractivity contribution in [2.24, 2.45) is 17.3 Å². The molecule has 4 saturated carbocycles. The van der Waals surface area contributed by atoms with Crippen molar-refractivity contribution in [2.45, 2.75) is 63.1 Å². The number of ether oxygens (including phenoxy) is 4. The highest BCUT2D eigenvalue weighted by Gasteiger charge is 2.63. The summed E-state index contributed by atoms with van der Waals surface area (Å²) in [6.07, 6.45) is 1.97. The number of methoxy groups -OCH3 is 1. The van der Waals surface area contributed by atoms with E-state index in [1.54, 1.807) is 0 Å². The van der Waals surface area contributed by atoms with E-state index >= 15 is 0 Å². The molecule has 30 heavy (non-hydrogen) atoms. The third-order valence-corrected chi connectivity index (χ3v) is 6.27. The molecule has 4 aliphatic carbocycles.